The van der Waals surface area contributed by atoms with Gasteiger partial charge >= 0.3 is 0 Å². The number of fused-ring (bicyclic) bond motifs is 1. The summed E-state index contributed by atoms with van der Waals surface area (Å²) in [6.07, 6.45) is 3.99. The first kappa shape index (κ1) is 10.7. The van der Waals surface area contributed by atoms with Gasteiger partial charge in [-0.15, -0.1) is 0 Å². The van der Waals surface area contributed by atoms with Gasteiger partial charge < -0.3 is 10.2 Å². The minimum atomic E-state index is 0.255. The lowest BCUT2D eigenvalue weighted by Gasteiger charge is -2.17. The van der Waals surface area contributed by atoms with Crippen LogP contribution in [0.3, 0.4) is 0 Å². The van der Waals surface area contributed by atoms with Gasteiger partial charge in [-0.2, -0.15) is 0 Å². The predicted molar refractivity (Wildman–Crippen MR) is 64.4 cm³/mol. The van der Waals surface area contributed by atoms with Crippen molar-refractivity contribution in [3.63, 3.8) is 0 Å². The van der Waals surface area contributed by atoms with E-state index in [0.717, 1.165) is 31.7 Å². The molecule has 2 atom stereocenters. The van der Waals surface area contributed by atoms with Crippen LogP contribution in [0, 0.1) is 11.8 Å². The number of carbonyl (C=O) groups is 1. The van der Waals surface area contributed by atoms with Gasteiger partial charge in [-0.05, 0) is 29.5 Å². The van der Waals surface area contributed by atoms with Gasteiger partial charge in [0.05, 0.1) is 6.42 Å². The standard InChI is InChI=1S/C13H17N3O/c17-13(5-10-1-3-14-4-2-10)16-8-11-6-15-7-12(11)9-16/h1-4,11-12,15H,5-9H2. The van der Waals surface area contributed by atoms with E-state index in [0.29, 0.717) is 18.3 Å². The molecule has 3 heterocycles. The van der Waals surface area contributed by atoms with E-state index >= 15 is 0 Å². The Hall–Kier alpha value is -1.42. The SMILES string of the molecule is O=C(Cc1ccncc1)N1CC2CNCC2C1. The summed E-state index contributed by atoms with van der Waals surface area (Å²) in [7, 11) is 0. The summed E-state index contributed by atoms with van der Waals surface area (Å²) in [4.78, 5) is 18.1. The summed E-state index contributed by atoms with van der Waals surface area (Å²) >= 11 is 0. The van der Waals surface area contributed by atoms with E-state index < -0.39 is 0 Å². The fraction of sp³-hybridized carbons (Fsp3) is 0.538. The average molecular weight is 231 g/mol. The number of amides is 1. The fourth-order valence-corrected chi connectivity index (χ4v) is 2.85. The van der Waals surface area contributed by atoms with Crippen LogP contribution in [0.1, 0.15) is 5.56 Å². The molecule has 1 aromatic rings. The van der Waals surface area contributed by atoms with E-state index in [4.69, 9.17) is 0 Å². The summed E-state index contributed by atoms with van der Waals surface area (Å²) in [6, 6.07) is 3.83. The maximum Gasteiger partial charge on any atom is 0.227 e. The quantitative estimate of drug-likeness (QED) is 0.796. The Morgan fingerprint density at radius 2 is 1.94 bits per heavy atom. The van der Waals surface area contributed by atoms with Crippen molar-refractivity contribution >= 4 is 5.91 Å². The molecule has 0 aromatic carbocycles. The molecule has 1 aromatic heterocycles. The molecule has 90 valence electrons. The van der Waals surface area contributed by atoms with Gasteiger partial charge in [0.1, 0.15) is 0 Å². The number of hydrogen-bond donors (Lipinski definition) is 1. The van der Waals surface area contributed by atoms with Crippen molar-refractivity contribution in [1.82, 2.24) is 15.2 Å². The number of carbonyl (C=O) groups excluding carboxylic acids is 1. The number of nitrogens with zero attached hydrogens (tertiary/aromatic N) is 2. The zero-order valence-corrected chi connectivity index (χ0v) is 9.80. The minimum absolute atomic E-state index is 0.255. The van der Waals surface area contributed by atoms with Crippen LogP contribution in [0.4, 0.5) is 0 Å². The van der Waals surface area contributed by atoms with Gasteiger partial charge in [0, 0.05) is 38.6 Å². The predicted octanol–water partition coefficient (Wildman–Crippen LogP) is 0.302. The zero-order chi connectivity index (χ0) is 11.7. The number of likely N-dealkylation sites (tertiary alicyclic amines) is 1. The maximum atomic E-state index is 12.1. The van der Waals surface area contributed by atoms with Gasteiger partial charge in [0.15, 0.2) is 0 Å². The summed E-state index contributed by atoms with van der Waals surface area (Å²) < 4.78 is 0. The molecule has 0 radical (unpaired) electrons. The second-order valence-electron chi connectivity index (χ2n) is 5.01. The third-order valence-corrected chi connectivity index (χ3v) is 3.85. The highest BCUT2D eigenvalue weighted by atomic mass is 16.2. The molecule has 2 aliphatic heterocycles. The molecule has 0 bridgehead atoms. The Bertz CT molecular complexity index is 394. The first-order valence-electron chi connectivity index (χ1n) is 6.20. The molecular weight excluding hydrogens is 214 g/mol. The molecule has 4 heteroatoms. The number of rotatable bonds is 2. The van der Waals surface area contributed by atoms with E-state index in [1.165, 1.54) is 0 Å². The van der Waals surface area contributed by atoms with Gasteiger partial charge in [0.25, 0.3) is 0 Å². The van der Waals surface area contributed by atoms with E-state index in [9.17, 15) is 4.79 Å². The molecule has 0 spiro atoms. The van der Waals surface area contributed by atoms with Crippen LogP contribution in [0.2, 0.25) is 0 Å². The Kier molecular flexibility index (Phi) is 2.81. The van der Waals surface area contributed by atoms with Gasteiger partial charge in [-0.25, -0.2) is 0 Å². The number of aromatic nitrogens is 1. The number of nitrogens with one attached hydrogen (secondary N) is 1. The molecule has 17 heavy (non-hydrogen) atoms. The van der Waals surface area contributed by atoms with Crippen molar-refractivity contribution in [2.45, 2.75) is 6.42 Å². The van der Waals surface area contributed by atoms with Gasteiger partial charge in [-0.3, -0.25) is 9.78 Å². The Morgan fingerprint density at radius 1 is 1.29 bits per heavy atom. The third-order valence-electron chi connectivity index (χ3n) is 3.85. The van der Waals surface area contributed by atoms with Crippen LogP contribution < -0.4 is 5.32 Å². The lowest BCUT2D eigenvalue weighted by atomic mass is 10.0. The third kappa shape index (κ3) is 2.17. The molecule has 2 fully saturated rings. The Labute approximate surface area is 101 Å². The Morgan fingerprint density at radius 3 is 2.59 bits per heavy atom. The monoisotopic (exact) mass is 231 g/mol. The zero-order valence-electron chi connectivity index (χ0n) is 9.80. The first-order chi connectivity index (χ1) is 8.33. The molecule has 3 rings (SSSR count). The van der Waals surface area contributed by atoms with Crippen molar-refractivity contribution < 1.29 is 4.79 Å². The highest BCUT2D eigenvalue weighted by Gasteiger charge is 2.37. The van der Waals surface area contributed by atoms with Crippen molar-refractivity contribution in [3.8, 4) is 0 Å². The molecule has 0 aliphatic carbocycles. The smallest absolute Gasteiger partial charge is 0.227 e. The molecule has 1 N–H and O–H groups in total. The lowest BCUT2D eigenvalue weighted by Crippen LogP contribution is -2.32. The van der Waals surface area contributed by atoms with Crippen molar-refractivity contribution in [3.05, 3.63) is 30.1 Å². The van der Waals surface area contributed by atoms with Crippen LogP contribution in [0.5, 0.6) is 0 Å². The lowest BCUT2D eigenvalue weighted by molar-refractivity contribution is -0.129. The highest BCUT2D eigenvalue weighted by Crippen LogP contribution is 2.26. The van der Waals surface area contributed by atoms with E-state index in [2.05, 4.69) is 10.3 Å². The molecule has 2 unspecified atom stereocenters. The summed E-state index contributed by atoms with van der Waals surface area (Å²) in [5.74, 6) is 1.61. The van der Waals surface area contributed by atoms with E-state index in [-0.39, 0.29) is 5.91 Å². The fourth-order valence-electron chi connectivity index (χ4n) is 2.85. The topological polar surface area (TPSA) is 45.2 Å². The van der Waals surface area contributed by atoms with Crippen molar-refractivity contribution in [2.75, 3.05) is 26.2 Å². The molecular formula is C13H17N3O. The second kappa shape index (κ2) is 4.45. The maximum absolute atomic E-state index is 12.1. The number of hydrogen-bond acceptors (Lipinski definition) is 3. The van der Waals surface area contributed by atoms with Crippen LogP contribution >= 0.6 is 0 Å². The molecule has 0 saturated carbocycles. The van der Waals surface area contributed by atoms with E-state index in [1.807, 2.05) is 17.0 Å². The van der Waals surface area contributed by atoms with Crippen LogP contribution in [-0.2, 0) is 11.2 Å². The van der Waals surface area contributed by atoms with Crippen LogP contribution in [0.25, 0.3) is 0 Å². The summed E-state index contributed by atoms with van der Waals surface area (Å²) in [6.45, 7) is 4.01. The average Bonchev–Trinajstić information content (AvgIpc) is 2.90. The van der Waals surface area contributed by atoms with Crippen molar-refractivity contribution in [2.24, 2.45) is 11.8 Å². The molecule has 4 nitrogen and oxygen atoms in total. The second-order valence-corrected chi connectivity index (χ2v) is 5.01. The minimum Gasteiger partial charge on any atom is -0.342 e. The summed E-state index contributed by atoms with van der Waals surface area (Å²) in [5.41, 5.74) is 1.06. The van der Waals surface area contributed by atoms with Gasteiger partial charge in [0.2, 0.25) is 5.91 Å². The van der Waals surface area contributed by atoms with Crippen molar-refractivity contribution in [1.29, 1.82) is 0 Å². The number of pyridine rings is 1. The largest absolute Gasteiger partial charge is 0.342 e. The summed E-state index contributed by atoms with van der Waals surface area (Å²) in [5, 5.41) is 3.39. The Balaban J connectivity index is 1.61. The van der Waals surface area contributed by atoms with Crippen LogP contribution in [0.15, 0.2) is 24.5 Å². The molecule has 1 amide bonds. The highest BCUT2D eigenvalue weighted by molar-refractivity contribution is 5.79. The van der Waals surface area contributed by atoms with E-state index in [1.54, 1.807) is 12.4 Å². The van der Waals surface area contributed by atoms with Gasteiger partial charge in [-0.1, -0.05) is 0 Å². The first-order valence-corrected chi connectivity index (χ1v) is 6.20. The molecule has 2 aliphatic rings. The normalized spacial score (nSPS) is 27.2. The molecule has 2 saturated heterocycles. The van der Waals surface area contributed by atoms with Crippen LogP contribution in [-0.4, -0.2) is 42.0 Å².